The number of halogens is 3. The van der Waals surface area contributed by atoms with Gasteiger partial charge < -0.3 is 9.64 Å². The Bertz CT molecular complexity index is 1470. The molecule has 1 atom stereocenters. The molecule has 0 saturated heterocycles. The van der Waals surface area contributed by atoms with Crippen LogP contribution in [0.3, 0.4) is 0 Å². The van der Waals surface area contributed by atoms with Crippen LogP contribution in [-0.2, 0) is 10.9 Å². The van der Waals surface area contributed by atoms with E-state index in [4.69, 9.17) is 9.72 Å². The molecule has 0 aliphatic rings. The molecule has 6 nitrogen and oxygen atoms in total. The van der Waals surface area contributed by atoms with Crippen LogP contribution in [0.4, 0.5) is 13.2 Å². The number of para-hydroxylation sites is 2. The van der Waals surface area contributed by atoms with Crippen LogP contribution < -0.4 is 5.56 Å². The smallest absolute Gasteiger partial charge is 0.385 e. The predicted molar refractivity (Wildman–Crippen MR) is 139 cm³/mol. The number of amides is 1. The van der Waals surface area contributed by atoms with Gasteiger partial charge in [0.2, 0.25) is 0 Å². The Morgan fingerprint density at radius 2 is 1.74 bits per heavy atom. The first-order valence-electron chi connectivity index (χ1n) is 12.3. The van der Waals surface area contributed by atoms with Crippen molar-refractivity contribution in [3.05, 3.63) is 106 Å². The number of carbonyl (C=O) groups is 1. The molecule has 0 aliphatic heterocycles. The molecule has 3 aromatic carbocycles. The summed E-state index contributed by atoms with van der Waals surface area (Å²) < 4.78 is 46.9. The molecule has 1 heterocycles. The van der Waals surface area contributed by atoms with Crippen LogP contribution >= 0.6 is 0 Å². The topological polar surface area (TPSA) is 64.4 Å². The van der Waals surface area contributed by atoms with E-state index in [1.54, 1.807) is 48.5 Å². The second-order valence-corrected chi connectivity index (χ2v) is 8.81. The monoisotopic (exact) mass is 523 g/mol. The van der Waals surface area contributed by atoms with Crippen molar-refractivity contribution in [2.75, 3.05) is 20.3 Å². The first-order valence-corrected chi connectivity index (χ1v) is 12.3. The number of hydrogen-bond acceptors (Lipinski definition) is 4. The molecule has 38 heavy (non-hydrogen) atoms. The first kappa shape index (κ1) is 27.1. The Hall–Kier alpha value is -3.98. The van der Waals surface area contributed by atoms with Crippen LogP contribution in [0, 0.1) is 0 Å². The molecule has 1 amide bonds. The molecule has 0 aliphatic carbocycles. The standard InChI is InChI=1S/C29H28F3N3O3/c1-3-25(34(17-10-18-38-2)27(36)20-11-9-12-21(19-20)29(30,31)32)26-33-24-16-8-7-15-23(24)28(37)35(26)22-13-5-4-6-14-22/h4-9,11-16,19,25H,3,10,17-18H2,1-2H3. The number of benzene rings is 3. The molecule has 1 aromatic heterocycles. The zero-order valence-electron chi connectivity index (χ0n) is 21.1. The van der Waals surface area contributed by atoms with Crippen LogP contribution in [0.2, 0.25) is 0 Å². The van der Waals surface area contributed by atoms with E-state index >= 15 is 0 Å². The summed E-state index contributed by atoms with van der Waals surface area (Å²) in [7, 11) is 1.54. The lowest BCUT2D eigenvalue weighted by Gasteiger charge is -2.32. The third kappa shape index (κ3) is 5.62. The fourth-order valence-electron chi connectivity index (χ4n) is 4.51. The number of rotatable bonds is 9. The van der Waals surface area contributed by atoms with Gasteiger partial charge in [-0.05, 0) is 55.3 Å². The van der Waals surface area contributed by atoms with Gasteiger partial charge in [-0.1, -0.05) is 43.3 Å². The van der Waals surface area contributed by atoms with Crippen LogP contribution in [0.1, 0.15) is 47.6 Å². The third-order valence-corrected chi connectivity index (χ3v) is 6.32. The second-order valence-electron chi connectivity index (χ2n) is 8.81. The Morgan fingerprint density at radius 1 is 1.03 bits per heavy atom. The van der Waals surface area contributed by atoms with E-state index in [9.17, 15) is 22.8 Å². The summed E-state index contributed by atoms with van der Waals surface area (Å²) in [5, 5.41) is 0.421. The molecule has 9 heteroatoms. The molecule has 4 aromatic rings. The number of nitrogens with zero attached hydrogens (tertiary/aromatic N) is 3. The van der Waals surface area contributed by atoms with E-state index in [1.807, 2.05) is 13.0 Å². The lowest BCUT2D eigenvalue weighted by molar-refractivity contribution is -0.137. The van der Waals surface area contributed by atoms with Gasteiger partial charge in [-0.2, -0.15) is 13.2 Å². The minimum atomic E-state index is -4.59. The van der Waals surface area contributed by atoms with Gasteiger partial charge in [-0.25, -0.2) is 4.98 Å². The van der Waals surface area contributed by atoms with Crippen molar-refractivity contribution in [1.82, 2.24) is 14.5 Å². The number of aromatic nitrogens is 2. The summed E-state index contributed by atoms with van der Waals surface area (Å²) >= 11 is 0. The molecule has 0 N–H and O–H groups in total. The number of alkyl halides is 3. The van der Waals surface area contributed by atoms with Gasteiger partial charge in [0.1, 0.15) is 5.82 Å². The maximum atomic E-state index is 13.8. The average Bonchev–Trinajstić information content (AvgIpc) is 2.92. The van der Waals surface area contributed by atoms with E-state index in [1.165, 1.54) is 28.7 Å². The van der Waals surface area contributed by atoms with Gasteiger partial charge in [0, 0.05) is 25.8 Å². The zero-order valence-corrected chi connectivity index (χ0v) is 21.1. The van der Waals surface area contributed by atoms with Crippen molar-refractivity contribution in [2.24, 2.45) is 0 Å². The van der Waals surface area contributed by atoms with Crippen molar-refractivity contribution < 1.29 is 22.7 Å². The highest BCUT2D eigenvalue weighted by Crippen LogP contribution is 2.32. The molecular weight excluding hydrogens is 495 g/mol. The molecule has 0 saturated carbocycles. The first-order chi connectivity index (χ1) is 18.3. The number of hydrogen-bond donors (Lipinski definition) is 0. The SMILES string of the molecule is CCC(c1nc2ccccc2c(=O)n1-c1ccccc1)N(CCCOC)C(=O)c1cccc(C(F)(F)F)c1. The molecule has 0 radical (unpaired) electrons. The van der Waals surface area contributed by atoms with Gasteiger partial charge in [0.15, 0.2) is 0 Å². The molecular formula is C29H28F3N3O3. The minimum Gasteiger partial charge on any atom is -0.385 e. The number of fused-ring (bicyclic) bond motifs is 1. The number of methoxy groups -OCH3 is 1. The highest BCUT2D eigenvalue weighted by molar-refractivity contribution is 5.94. The van der Waals surface area contributed by atoms with Gasteiger partial charge in [0.25, 0.3) is 11.5 Å². The highest BCUT2D eigenvalue weighted by Gasteiger charge is 2.33. The molecule has 4 rings (SSSR count). The fourth-order valence-corrected chi connectivity index (χ4v) is 4.51. The quantitative estimate of drug-likeness (QED) is 0.251. The van der Waals surface area contributed by atoms with Crippen molar-refractivity contribution >= 4 is 16.8 Å². The molecule has 0 spiro atoms. The predicted octanol–water partition coefficient (Wildman–Crippen LogP) is 6.03. The fraction of sp³-hybridized carbons (Fsp3) is 0.276. The van der Waals surface area contributed by atoms with Crippen molar-refractivity contribution in [3.8, 4) is 5.69 Å². The summed E-state index contributed by atoms with van der Waals surface area (Å²) in [6, 6.07) is 19.6. The van der Waals surface area contributed by atoms with Gasteiger partial charge in [-0.3, -0.25) is 14.2 Å². The summed E-state index contributed by atoms with van der Waals surface area (Å²) in [6.07, 6.45) is -3.77. The maximum absolute atomic E-state index is 13.8. The van der Waals surface area contributed by atoms with Gasteiger partial charge in [-0.15, -0.1) is 0 Å². The maximum Gasteiger partial charge on any atom is 0.416 e. The summed E-state index contributed by atoms with van der Waals surface area (Å²) in [6.45, 7) is 2.39. The van der Waals surface area contributed by atoms with Crippen molar-refractivity contribution in [3.63, 3.8) is 0 Å². The Morgan fingerprint density at radius 3 is 2.42 bits per heavy atom. The van der Waals surface area contributed by atoms with Gasteiger partial charge in [0.05, 0.1) is 28.2 Å². The lowest BCUT2D eigenvalue weighted by atomic mass is 10.1. The van der Waals surface area contributed by atoms with E-state index in [0.29, 0.717) is 41.9 Å². The molecule has 0 fully saturated rings. The van der Waals surface area contributed by atoms with Crippen molar-refractivity contribution in [1.29, 1.82) is 0 Å². The average molecular weight is 524 g/mol. The van der Waals surface area contributed by atoms with E-state index in [2.05, 4.69) is 0 Å². The van der Waals surface area contributed by atoms with Crippen molar-refractivity contribution in [2.45, 2.75) is 32.0 Å². The van der Waals surface area contributed by atoms with E-state index in [-0.39, 0.29) is 17.7 Å². The normalized spacial score (nSPS) is 12.4. The Labute approximate surface area is 218 Å². The minimum absolute atomic E-state index is 0.0925. The van der Waals surface area contributed by atoms with Crippen LogP contribution in [0.25, 0.3) is 16.6 Å². The van der Waals surface area contributed by atoms with E-state index < -0.39 is 23.7 Å². The van der Waals surface area contributed by atoms with Gasteiger partial charge >= 0.3 is 6.18 Å². The van der Waals surface area contributed by atoms with Crippen LogP contribution in [-0.4, -0.2) is 40.6 Å². The Balaban J connectivity index is 1.90. The number of carbonyl (C=O) groups excluding carboxylic acids is 1. The lowest BCUT2D eigenvalue weighted by Crippen LogP contribution is -2.39. The Kier molecular flexibility index (Phi) is 8.26. The molecule has 0 bridgehead atoms. The van der Waals surface area contributed by atoms with Crippen LogP contribution in [0.15, 0.2) is 83.7 Å². The molecule has 198 valence electrons. The second kappa shape index (κ2) is 11.6. The number of ether oxygens (including phenoxy) is 1. The highest BCUT2D eigenvalue weighted by atomic mass is 19.4. The summed E-state index contributed by atoms with van der Waals surface area (Å²) in [5.41, 5.74) is -0.240. The zero-order chi connectivity index (χ0) is 27.3. The van der Waals surface area contributed by atoms with Crippen LogP contribution in [0.5, 0.6) is 0 Å². The summed E-state index contributed by atoms with van der Waals surface area (Å²) in [4.78, 5) is 33.8. The third-order valence-electron chi connectivity index (χ3n) is 6.32. The van der Waals surface area contributed by atoms with E-state index in [0.717, 1.165) is 12.1 Å². The largest absolute Gasteiger partial charge is 0.416 e. The summed E-state index contributed by atoms with van der Waals surface area (Å²) in [5.74, 6) is -0.249. The molecule has 1 unspecified atom stereocenters.